The van der Waals surface area contributed by atoms with Crippen LogP contribution in [0.3, 0.4) is 0 Å². The van der Waals surface area contributed by atoms with Crippen LogP contribution < -0.4 is 10.1 Å². The highest BCUT2D eigenvalue weighted by Crippen LogP contribution is 2.26. The van der Waals surface area contributed by atoms with Gasteiger partial charge in [0.25, 0.3) is 0 Å². The maximum absolute atomic E-state index is 12.1. The van der Waals surface area contributed by atoms with Crippen LogP contribution in [-0.4, -0.2) is 32.5 Å². The SMILES string of the molecule is Cc1cc(OCc2nnc(SCC(=O)NC3CCCC3)n2C)cc(C)c1Cl. The first-order valence-electron chi connectivity index (χ1n) is 9.14. The van der Waals surface area contributed by atoms with Crippen LogP contribution >= 0.6 is 23.4 Å². The molecule has 1 aliphatic carbocycles. The van der Waals surface area contributed by atoms with E-state index in [-0.39, 0.29) is 5.91 Å². The molecule has 0 radical (unpaired) electrons. The van der Waals surface area contributed by atoms with Gasteiger partial charge >= 0.3 is 0 Å². The third-order valence-corrected chi connectivity index (χ3v) is 6.37. The molecule has 1 saturated carbocycles. The van der Waals surface area contributed by atoms with Crippen molar-refractivity contribution in [2.45, 2.75) is 57.3 Å². The van der Waals surface area contributed by atoms with E-state index in [9.17, 15) is 4.79 Å². The van der Waals surface area contributed by atoms with Crippen molar-refractivity contribution >= 4 is 29.3 Å². The minimum Gasteiger partial charge on any atom is -0.486 e. The van der Waals surface area contributed by atoms with Gasteiger partial charge in [-0.25, -0.2) is 0 Å². The minimum absolute atomic E-state index is 0.0554. The lowest BCUT2D eigenvalue weighted by Crippen LogP contribution is -2.33. The Bertz CT molecular complexity index is 795. The van der Waals surface area contributed by atoms with Crippen molar-refractivity contribution < 1.29 is 9.53 Å². The second-order valence-corrected chi connectivity index (χ2v) is 8.28. The molecule has 1 N–H and O–H groups in total. The Labute approximate surface area is 169 Å². The van der Waals surface area contributed by atoms with Crippen molar-refractivity contribution in [3.63, 3.8) is 0 Å². The molecule has 2 aromatic rings. The van der Waals surface area contributed by atoms with Crippen molar-refractivity contribution in [2.75, 3.05) is 5.75 Å². The molecule has 0 atom stereocenters. The van der Waals surface area contributed by atoms with Gasteiger partial charge in [-0.1, -0.05) is 36.2 Å². The standard InChI is InChI=1S/C19H25ClN4O2S/c1-12-8-15(9-13(2)18(12)20)26-10-16-22-23-19(24(16)3)27-11-17(25)21-14-6-4-5-7-14/h8-9,14H,4-7,10-11H2,1-3H3,(H,21,25). The summed E-state index contributed by atoms with van der Waals surface area (Å²) in [6.45, 7) is 4.21. The average Bonchev–Trinajstić information content (AvgIpc) is 3.26. The minimum atomic E-state index is 0.0554. The summed E-state index contributed by atoms with van der Waals surface area (Å²) in [6.07, 6.45) is 4.59. The van der Waals surface area contributed by atoms with Gasteiger partial charge in [-0.3, -0.25) is 4.79 Å². The van der Waals surface area contributed by atoms with E-state index in [4.69, 9.17) is 16.3 Å². The fourth-order valence-electron chi connectivity index (χ4n) is 3.20. The number of carbonyl (C=O) groups is 1. The fourth-order valence-corrected chi connectivity index (χ4v) is 4.05. The molecule has 1 amide bonds. The Morgan fingerprint density at radius 2 is 1.96 bits per heavy atom. The Balaban J connectivity index is 1.53. The number of aryl methyl sites for hydroxylation is 2. The first-order chi connectivity index (χ1) is 12.9. The largest absolute Gasteiger partial charge is 0.486 e. The molecule has 27 heavy (non-hydrogen) atoms. The maximum Gasteiger partial charge on any atom is 0.230 e. The zero-order valence-corrected chi connectivity index (χ0v) is 17.5. The van der Waals surface area contributed by atoms with E-state index in [0.717, 1.165) is 34.7 Å². The van der Waals surface area contributed by atoms with Gasteiger partial charge in [0.1, 0.15) is 12.4 Å². The monoisotopic (exact) mass is 408 g/mol. The number of nitrogens with zero attached hydrogens (tertiary/aromatic N) is 3. The number of rotatable bonds is 7. The van der Waals surface area contributed by atoms with Crippen LogP contribution in [0.2, 0.25) is 5.02 Å². The Kier molecular flexibility index (Phi) is 6.65. The van der Waals surface area contributed by atoms with Crippen LogP contribution in [0.25, 0.3) is 0 Å². The highest BCUT2D eigenvalue weighted by Gasteiger charge is 2.18. The predicted octanol–water partition coefficient (Wildman–Crippen LogP) is 3.82. The van der Waals surface area contributed by atoms with Crippen molar-refractivity contribution in [3.05, 3.63) is 34.1 Å². The van der Waals surface area contributed by atoms with Crippen LogP contribution in [0.1, 0.15) is 42.6 Å². The predicted molar refractivity (Wildman–Crippen MR) is 107 cm³/mol. The van der Waals surface area contributed by atoms with Gasteiger partial charge < -0.3 is 14.6 Å². The number of benzene rings is 1. The van der Waals surface area contributed by atoms with E-state index >= 15 is 0 Å². The normalized spacial score (nSPS) is 14.5. The smallest absolute Gasteiger partial charge is 0.230 e. The number of hydrogen-bond donors (Lipinski definition) is 1. The molecule has 0 spiro atoms. The van der Waals surface area contributed by atoms with E-state index in [1.165, 1.54) is 24.6 Å². The third-order valence-electron chi connectivity index (χ3n) is 4.76. The van der Waals surface area contributed by atoms with Gasteiger partial charge in [-0.2, -0.15) is 0 Å². The molecule has 1 heterocycles. The topological polar surface area (TPSA) is 69.0 Å². The number of aromatic nitrogens is 3. The van der Waals surface area contributed by atoms with E-state index in [1.54, 1.807) is 0 Å². The quantitative estimate of drug-likeness (QED) is 0.705. The number of nitrogens with one attached hydrogen (secondary N) is 1. The number of carbonyl (C=O) groups excluding carboxylic acids is 1. The third kappa shape index (κ3) is 5.17. The van der Waals surface area contributed by atoms with E-state index in [2.05, 4.69) is 15.5 Å². The molecule has 1 aliphatic rings. The lowest BCUT2D eigenvalue weighted by atomic mass is 10.1. The van der Waals surface area contributed by atoms with E-state index < -0.39 is 0 Å². The van der Waals surface area contributed by atoms with Crippen LogP contribution in [0.5, 0.6) is 5.75 Å². The van der Waals surface area contributed by atoms with Crippen molar-refractivity contribution in [1.29, 1.82) is 0 Å². The summed E-state index contributed by atoms with van der Waals surface area (Å²) in [5, 5.41) is 12.9. The molecule has 3 rings (SSSR count). The van der Waals surface area contributed by atoms with Crippen molar-refractivity contribution in [3.8, 4) is 5.75 Å². The number of ether oxygens (including phenoxy) is 1. The van der Waals surface area contributed by atoms with Crippen LogP contribution in [-0.2, 0) is 18.4 Å². The van der Waals surface area contributed by atoms with Gasteiger partial charge in [-0.05, 0) is 49.9 Å². The molecule has 1 aromatic heterocycles. The number of halogens is 1. The summed E-state index contributed by atoms with van der Waals surface area (Å²) in [7, 11) is 1.88. The lowest BCUT2D eigenvalue weighted by Gasteiger charge is -2.11. The Hall–Kier alpha value is -1.73. The summed E-state index contributed by atoms with van der Waals surface area (Å²) in [4.78, 5) is 12.1. The van der Waals surface area contributed by atoms with Crippen molar-refractivity contribution in [1.82, 2.24) is 20.1 Å². The molecule has 0 bridgehead atoms. The Morgan fingerprint density at radius 1 is 1.30 bits per heavy atom. The molecule has 0 aliphatic heterocycles. The van der Waals surface area contributed by atoms with Gasteiger partial charge in [0.2, 0.25) is 5.91 Å². The summed E-state index contributed by atoms with van der Waals surface area (Å²) in [6, 6.07) is 4.16. The first kappa shape index (κ1) is 20.0. The van der Waals surface area contributed by atoms with Gasteiger partial charge in [0.15, 0.2) is 11.0 Å². The van der Waals surface area contributed by atoms with Gasteiger partial charge in [0, 0.05) is 18.1 Å². The van der Waals surface area contributed by atoms with E-state index in [0.29, 0.717) is 29.4 Å². The molecule has 0 unspecified atom stereocenters. The molecular formula is C19H25ClN4O2S. The molecule has 8 heteroatoms. The second kappa shape index (κ2) is 8.97. The molecule has 1 fully saturated rings. The zero-order valence-electron chi connectivity index (χ0n) is 15.9. The average molecular weight is 409 g/mol. The van der Waals surface area contributed by atoms with Gasteiger partial charge in [-0.15, -0.1) is 10.2 Å². The number of thioether (sulfide) groups is 1. The molecular weight excluding hydrogens is 384 g/mol. The first-order valence-corrected chi connectivity index (χ1v) is 10.5. The van der Waals surface area contributed by atoms with Crippen molar-refractivity contribution in [2.24, 2.45) is 7.05 Å². The highest BCUT2D eigenvalue weighted by molar-refractivity contribution is 7.99. The summed E-state index contributed by atoms with van der Waals surface area (Å²) < 4.78 is 7.71. The molecule has 1 aromatic carbocycles. The van der Waals surface area contributed by atoms with E-state index in [1.807, 2.05) is 37.6 Å². The fraction of sp³-hybridized carbons (Fsp3) is 0.526. The number of hydrogen-bond acceptors (Lipinski definition) is 5. The van der Waals surface area contributed by atoms with Crippen LogP contribution in [0.15, 0.2) is 17.3 Å². The number of amides is 1. The Morgan fingerprint density at radius 3 is 2.63 bits per heavy atom. The summed E-state index contributed by atoms with van der Waals surface area (Å²) >= 11 is 7.58. The van der Waals surface area contributed by atoms with Crippen LogP contribution in [0.4, 0.5) is 0 Å². The van der Waals surface area contributed by atoms with Gasteiger partial charge in [0.05, 0.1) is 5.75 Å². The maximum atomic E-state index is 12.1. The molecule has 146 valence electrons. The van der Waals surface area contributed by atoms with Crippen LogP contribution in [0, 0.1) is 13.8 Å². The summed E-state index contributed by atoms with van der Waals surface area (Å²) in [5.74, 6) is 1.86. The highest BCUT2D eigenvalue weighted by atomic mass is 35.5. The summed E-state index contributed by atoms with van der Waals surface area (Å²) in [5.41, 5.74) is 1.96. The molecule has 6 nitrogen and oxygen atoms in total. The molecule has 0 saturated heterocycles. The lowest BCUT2D eigenvalue weighted by molar-refractivity contribution is -0.119. The second-order valence-electron chi connectivity index (χ2n) is 6.96. The zero-order chi connectivity index (χ0) is 19.4.